The highest BCUT2D eigenvalue weighted by Crippen LogP contribution is 2.31. The number of methoxy groups -OCH3 is 1. The van der Waals surface area contributed by atoms with Crippen molar-refractivity contribution in [3.63, 3.8) is 0 Å². The number of nitrogens with one attached hydrogen (secondary N) is 1. The molecule has 25 heavy (non-hydrogen) atoms. The number of hydrogen-bond donors (Lipinski definition) is 1. The smallest absolute Gasteiger partial charge is 0.261 e. The fourth-order valence-corrected chi connectivity index (χ4v) is 3.48. The summed E-state index contributed by atoms with van der Waals surface area (Å²) in [5.74, 6) is 1.46. The maximum absolute atomic E-state index is 12.6. The number of benzene rings is 2. The molecule has 0 aliphatic heterocycles. The van der Waals surface area contributed by atoms with E-state index in [1.165, 1.54) is 7.11 Å². The molecule has 0 fully saturated rings. The summed E-state index contributed by atoms with van der Waals surface area (Å²) in [6.45, 7) is 6.60. The van der Waals surface area contributed by atoms with Gasteiger partial charge in [-0.25, -0.2) is 8.42 Å². The zero-order valence-corrected chi connectivity index (χ0v) is 15.9. The van der Waals surface area contributed by atoms with Gasteiger partial charge in [-0.1, -0.05) is 26.0 Å². The standard InChI is InChI=1S/C19H25NO4S/c1-5-14(3)15-7-10-17(11-8-15)25(21,22)20-16-9-12-18(24-6-2)19(13-16)23-4/h7-14,20H,5-6H2,1-4H3. The molecule has 2 aromatic carbocycles. The van der Waals surface area contributed by atoms with Gasteiger partial charge in [0.25, 0.3) is 10.0 Å². The Bertz CT molecular complexity index is 801. The predicted octanol–water partition coefficient (Wildman–Crippen LogP) is 4.41. The molecule has 0 radical (unpaired) electrons. The number of sulfonamides is 1. The topological polar surface area (TPSA) is 64.6 Å². The Morgan fingerprint density at radius 2 is 1.72 bits per heavy atom. The first-order chi connectivity index (χ1) is 11.9. The summed E-state index contributed by atoms with van der Waals surface area (Å²) in [5.41, 5.74) is 1.55. The molecule has 0 bridgehead atoms. The van der Waals surface area contributed by atoms with E-state index in [9.17, 15) is 8.42 Å². The van der Waals surface area contributed by atoms with E-state index in [0.29, 0.717) is 29.7 Å². The van der Waals surface area contributed by atoms with Crippen molar-refractivity contribution in [3.8, 4) is 11.5 Å². The van der Waals surface area contributed by atoms with Gasteiger partial charge in [0.15, 0.2) is 11.5 Å². The summed E-state index contributed by atoms with van der Waals surface area (Å²) < 4.78 is 38.4. The van der Waals surface area contributed by atoms with Crippen LogP contribution in [0.5, 0.6) is 11.5 Å². The minimum absolute atomic E-state index is 0.229. The largest absolute Gasteiger partial charge is 0.493 e. The van der Waals surface area contributed by atoms with Crippen molar-refractivity contribution in [1.82, 2.24) is 0 Å². The van der Waals surface area contributed by atoms with Crippen molar-refractivity contribution >= 4 is 15.7 Å². The molecule has 1 N–H and O–H groups in total. The summed E-state index contributed by atoms with van der Waals surface area (Å²) >= 11 is 0. The van der Waals surface area contributed by atoms with Crippen molar-refractivity contribution in [1.29, 1.82) is 0 Å². The summed E-state index contributed by atoms with van der Waals surface area (Å²) in [7, 11) is -2.14. The van der Waals surface area contributed by atoms with Crippen LogP contribution in [0.1, 0.15) is 38.7 Å². The van der Waals surface area contributed by atoms with Crippen molar-refractivity contribution < 1.29 is 17.9 Å². The van der Waals surface area contributed by atoms with Crippen molar-refractivity contribution in [3.05, 3.63) is 48.0 Å². The molecule has 0 aliphatic carbocycles. The van der Waals surface area contributed by atoms with Crippen LogP contribution in [0.15, 0.2) is 47.4 Å². The molecule has 5 nitrogen and oxygen atoms in total. The molecule has 1 unspecified atom stereocenters. The third kappa shape index (κ3) is 4.66. The maximum atomic E-state index is 12.6. The number of rotatable bonds is 8. The third-order valence-electron chi connectivity index (χ3n) is 4.09. The van der Waals surface area contributed by atoms with Gasteiger partial charge in [0, 0.05) is 6.07 Å². The van der Waals surface area contributed by atoms with Crippen LogP contribution >= 0.6 is 0 Å². The zero-order valence-electron chi connectivity index (χ0n) is 15.1. The summed E-state index contributed by atoms with van der Waals surface area (Å²) in [6, 6.07) is 11.9. The van der Waals surface area contributed by atoms with Gasteiger partial charge in [0.05, 0.1) is 24.3 Å². The van der Waals surface area contributed by atoms with Crippen LogP contribution in [0.2, 0.25) is 0 Å². The molecule has 0 saturated heterocycles. The molecule has 2 rings (SSSR count). The zero-order chi connectivity index (χ0) is 18.4. The second kappa shape index (κ2) is 8.25. The molecule has 136 valence electrons. The molecule has 1 atom stereocenters. The van der Waals surface area contributed by atoms with E-state index in [1.807, 2.05) is 19.1 Å². The summed E-state index contributed by atoms with van der Waals surface area (Å²) in [5, 5.41) is 0. The van der Waals surface area contributed by atoms with Gasteiger partial charge in [-0.15, -0.1) is 0 Å². The van der Waals surface area contributed by atoms with Gasteiger partial charge in [0.2, 0.25) is 0 Å². The maximum Gasteiger partial charge on any atom is 0.261 e. The van der Waals surface area contributed by atoms with Gasteiger partial charge >= 0.3 is 0 Å². The van der Waals surface area contributed by atoms with Crippen LogP contribution in [-0.4, -0.2) is 22.1 Å². The van der Waals surface area contributed by atoms with E-state index in [0.717, 1.165) is 12.0 Å². The van der Waals surface area contributed by atoms with E-state index in [1.54, 1.807) is 30.3 Å². The molecule has 0 amide bonds. The van der Waals surface area contributed by atoms with Crippen LogP contribution in [-0.2, 0) is 10.0 Å². The van der Waals surface area contributed by atoms with Crippen molar-refractivity contribution in [2.45, 2.75) is 38.0 Å². The van der Waals surface area contributed by atoms with Gasteiger partial charge in [0.1, 0.15) is 0 Å². The molecule has 0 saturated carbocycles. The second-order valence-corrected chi connectivity index (χ2v) is 7.46. The lowest BCUT2D eigenvalue weighted by molar-refractivity contribution is 0.311. The Hall–Kier alpha value is -2.21. The Labute approximate surface area is 150 Å². The molecule has 0 aromatic heterocycles. The Kier molecular flexibility index (Phi) is 6.31. The molecule has 0 aliphatic rings. The predicted molar refractivity (Wildman–Crippen MR) is 100 cm³/mol. The fourth-order valence-electron chi connectivity index (χ4n) is 2.43. The number of anilines is 1. The highest BCUT2D eigenvalue weighted by molar-refractivity contribution is 7.92. The number of hydrogen-bond acceptors (Lipinski definition) is 4. The first-order valence-corrected chi connectivity index (χ1v) is 9.83. The van der Waals surface area contributed by atoms with Crippen LogP contribution in [0.4, 0.5) is 5.69 Å². The summed E-state index contributed by atoms with van der Waals surface area (Å²) in [4.78, 5) is 0.229. The summed E-state index contributed by atoms with van der Waals surface area (Å²) in [6.07, 6.45) is 1.01. The second-order valence-electron chi connectivity index (χ2n) is 5.78. The van der Waals surface area contributed by atoms with Gasteiger partial charge in [-0.3, -0.25) is 4.72 Å². The van der Waals surface area contributed by atoms with E-state index in [4.69, 9.17) is 9.47 Å². The first-order valence-electron chi connectivity index (χ1n) is 8.34. The van der Waals surface area contributed by atoms with Gasteiger partial charge < -0.3 is 9.47 Å². The van der Waals surface area contributed by atoms with E-state index in [2.05, 4.69) is 18.6 Å². The highest BCUT2D eigenvalue weighted by atomic mass is 32.2. The molecule has 2 aromatic rings. The van der Waals surface area contributed by atoms with E-state index >= 15 is 0 Å². The Morgan fingerprint density at radius 3 is 2.28 bits per heavy atom. The molecule has 0 spiro atoms. The molecule has 0 heterocycles. The quantitative estimate of drug-likeness (QED) is 0.754. The van der Waals surface area contributed by atoms with E-state index < -0.39 is 10.0 Å². The minimum Gasteiger partial charge on any atom is -0.493 e. The average molecular weight is 363 g/mol. The van der Waals surface area contributed by atoms with Crippen LogP contribution in [0, 0.1) is 0 Å². The average Bonchev–Trinajstić information content (AvgIpc) is 2.62. The monoisotopic (exact) mass is 363 g/mol. The van der Waals surface area contributed by atoms with E-state index in [-0.39, 0.29) is 4.90 Å². The lowest BCUT2D eigenvalue weighted by atomic mass is 9.99. The first kappa shape index (κ1) is 19.1. The lowest BCUT2D eigenvalue weighted by Gasteiger charge is -2.13. The van der Waals surface area contributed by atoms with Crippen LogP contribution in [0.25, 0.3) is 0 Å². The SMILES string of the molecule is CCOc1ccc(NS(=O)(=O)c2ccc(C(C)CC)cc2)cc1OC. The Morgan fingerprint density at radius 1 is 1.04 bits per heavy atom. The molecular formula is C19H25NO4S. The fraction of sp³-hybridized carbons (Fsp3) is 0.368. The van der Waals surface area contributed by atoms with Crippen molar-refractivity contribution in [2.24, 2.45) is 0 Å². The van der Waals surface area contributed by atoms with Crippen LogP contribution < -0.4 is 14.2 Å². The molecule has 6 heteroatoms. The highest BCUT2D eigenvalue weighted by Gasteiger charge is 2.16. The van der Waals surface area contributed by atoms with Crippen molar-refractivity contribution in [2.75, 3.05) is 18.4 Å². The van der Waals surface area contributed by atoms with Crippen LogP contribution in [0.3, 0.4) is 0 Å². The number of ether oxygens (including phenoxy) is 2. The Balaban J connectivity index is 2.23. The lowest BCUT2D eigenvalue weighted by Crippen LogP contribution is -2.13. The molecular weight excluding hydrogens is 338 g/mol. The minimum atomic E-state index is -3.66. The normalized spacial score (nSPS) is 12.5. The van der Waals surface area contributed by atoms with Gasteiger partial charge in [-0.2, -0.15) is 0 Å². The third-order valence-corrected chi connectivity index (χ3v) is 5.48. The van der Waals surface area contributed by atoms with Gasteiger partial charge in [-0.05, 0) is 49.1 Å².